The fourth-order valence-electron chi connectivity index (χ4n) is 3.79. The molecule has 3 heteroatoms. The third-order valence-electron chi connectivity index (χ3n) is 5.14. The predicted molar refractivity (Wildman–Crippen MR) is 120 cm³/mol. The van der Waals surface area contributed by atoms with Gasteiger partial charge in [-0.2, -0.15) is 0 Å². The van der Waals surface area contributed by atoms with Gasteiger partial charge in [-0.1, -0.05) is 108 Å². The lowest BCUT2D eigenvalue weighted by molar-refractivity contribution is 0.0935. The van der Waals surface area contributed by atoms with Crippen LogP contribution in [0.3, 0.4) is 0 Å². The molecule has 0 heterocycles. The minimum atomic E-state index is -1.03. The summed E-state index contributed by atoms with van der Waals surface area (Å²) >= 11 is 12.3. The van der Waals surface area contributed by atoms with E-state index in [1.165, 1.54) is 0 Å². The van der Waals surface area contributed by atoms with E-state index in [1.54, 1.807) is 0 Å². The van der Waals surface area contributed by atoms with E-state index in [-0.39, 0.29) is 5.78 Å². The highest BCUT2D eigenvalue weighted by Gasteiger charge is 2.44. The molecule has 0 aliphatic carbocycles. The first-order chi connectivity index (χ1) is 14.1. The van der Waals surface area contributed by atoms with Crippen molar-refractivity contribution in [2.24, 2.45) is 0 Å². The minimum Gasteiger partial charge on any atom is -0.292 e. The second-order valence-corrected chi connectivity index (χ2v) is 7.70. The lowest BCUT2D eigenvalue weighted by Gasteiger charge is -2.34. The van der Waals surface area contributed by atoms with Crippen molar-refractivity contribution < 1.29 is 4.79 Å². The van der Waals surface area contributed by atoms with Crippen molar-refractivity contribution in [3.8, 4) is 0 Å². The summed E-state index contributed by atoms with van der Waals surface area (Å²) in [6, 6.07) is 34.2. The molecule has 0 fully saturated rings. The number of ketones is 1. The number of hydrogen-bond donors (Lipinski definition) is 0. The van der Waals surface area contributed by atoms with Crippen LogP contribution in [-0.2, 0) is 5.41 Å². The molecule has 0 saturated carbocycles. The molecule has 0 saturated heterocycles. The zero-order valence-electron chi connectivity index (χ0n) is 15.6. The van der Waals surface area contributed by atoms with Crippen molar-refractivity contribution >= 4 is 29.0 Å². The average Bonchev–Trinajstić information content (AvgIpc) is 2.78. The van der Waals surface area contributed by atoms with Gasteiger partial charge in [-0.3, -0.25) is 4.79 Å². The number of carbonyl (C=O) groups is 1. The zero-order valence-corrected chi connectivity index (χ0v) is 17.1. The molecule has 29 heavy (non-hydrogen) atoms. The average molecular weight is 417 g/mol. The van der Waals surface area contributed by atoms with Crippen LogP contribution in [-0.4, -0.2) is 5.78 Å². The normalized spacial score (nSPS) is 11.2. The molecular weight excluding hydrogens is 399 g/mol. The molecule has 0 aromatic heterocycles. The second kappa shape index (κ2) is 8.24. The van der Waals surface area contributed by atoms with Crippen LogP contribution in [0.25, 0.3) is 0 Å². The fourth-order valence-corrected chi connectivity index (χ4v) is 4.04. The Morgan fingerprint density at radius 3 is 1.34 bits per heavy atom. The molecule has 1 nitrogen and oxygen atoms in total. The maximum atomic E-state index is 14.2. The van der Waals surface area contributed by atoms with E-state index >= 15 is 0 Å². The van der Waals surface area contributed by atoms with Gasteiger partial charge in [0.15, 0.2) is 5.78 Å². The van der Waals surface area contributed by atoms with Crippen LogP contribution in [0.5, 0.6) is 0 Å². The number of Topliss-reactive ketones (excluding diaryl/α,β-unsaturated/α-hetero) is 1. The van der Waals surface area contributed by atoms with Crippen LogP contribution in [0.2, 0.25) is 10.0 Å². The van der Waals surface area contributed by atoms with Crippen molar-refractivity contribution in [1.29, 1.82) is 0 Å². The van der Waals surface area contributed by atoms with E-state index in [0.717, 1.165) is 16.7 Å². The highest BCUT2D eigenvalue weighted by Crippen LogP contribution is 2.42. The Morgan fingerprint density at radius 1 is 0.517 bits per heavy atom. The largest absolute Gasteiger partial charge is 0.292 e. The van der Waals surface area contributed by atoms with Crippen molar-refractivity contribution in [1.82, 2.24) is 0 Å². The van der Waals surface area contributed by atoms with E-state index in [9.17, 15) is 4.79 Å². The summed E-state index contributed by atoms with van der Waals surface area (Å²) in [5.41, 5.74) is 2.20. The van der Waals surface area contributed by atoms with Crippen molar-refractivity contribution in [3.63, 3.8) is 0 Å². The molecule has 4 aromatic carbocycles. The molecule has 0 aliphatic heterocycles. The molecule has 0 amide bonds. The number of carbonyl (C=O) groups excluding carboxylic acids is 1. The monoisotopic (exact) mass is 416 g/mol. The molecule has 0 bridgehead atoms. The predicted octanol–water partition coefficient (Wildman–Crippen LogP) is 7.21. The van der Waals surface area contributed by atoms with Crippen LogP contribution >= 0.6 is 23.2 Å². The molecule has 0 radical (unpaired) electrons. The Balaban J connectivity index is 2.09. The van der Waals surface area contributed by atoms with Crippen LogP contribution < -0.4 is 0 Å². The van der Waals surface area contributed by atoms with Gasteiger partial charge in [-0.05, 0) is 41.0 Å². The molecule has 0 N–H and O–H groups in total. The summed E-state index contributed by atoms with van der Waals surface area (Å²) in [6.45, 7) is 0. The summed E-state index contributed by atoms with van der Waals surface area (Å²) in [7, 11) is 0. The second-order valence-electron chi connectivity index (χ2n) is 6.82. The van der Waals surface area contributed by atoms with Gasteiger partial charge in [0.05, 0.1) is 0 Å². The van der Waals surface area contributed by atoms with E-state index in [4.69, 9.17) is 23.2 Å². The number of rotatable bonds is 5. The van der Waals surface area contributed by atoms with E-state index in [0.29, 0.717) is 15.6 Å². The molecular formula is C26H18Cl2O. The first-order valence-electron chi connectivity index (χ1n) is 9.30. The molecule has 0 spiro atoms. The Hall–Kier alpha value is -2.87. The van der Waals surface area contributed by atoms with Crippen LogP contribution in [0.15, 0.2) is 109 Å². The Morgan fingerprint density at radius 2 is 0.897 bits per heavy atom. The van der Waals surface area contributed by atoms with Gasteiger partial charge < -0.3 is 0 Å². The van der Waals surface area contributed by atoms with Crippen molar-refractivity contribution in [2.45, 2.75) is 5.41 Å². The van der Waals surface area contributed by atoms with Gasteiger partial charge >= 0.3 is 0 Å². The highest BCUT2D eigenvalue weighted by molar-refractivity contribution is 6.31. The summed E-state index contributed by atoms with van der Waals surface area (Å²) in [5.74, 6) is -0.00561. The van der Waals surface area contributed by atoms with Crippen LogP contribution in [0.1, 0.15) is 27.0 Å². The third-order valence-corrected chi connectivity index (χ3v) is 5.64. The Kier molecular flexibility index (Phi) is 5.53. The standard InChI is InChI=1S/C26H18Cl2O/c27-23-15-11-21(12-16-23)26(20-9-5-2-6-10-20,22-13-17-24(28)18-14-22)25(29)19-7-3-1-4-8-19/h1-18H. The highest BCUT2D eigenvalue weighted by atomic mass is 35.5. The lowest BCUT2D eigenvalue weighted by atomic mass is 9.65. The van der Waals surface area contributed by atoms with E-state index < -0.39 is 5.41 Å². The fraction of sp³-hybridized carbons (Fsp3) is 0.0385. The topological polar surface area (TPSA) is 17.1 Å². The van der Waals surface area contributed by atoms with Gasteiger partial charge in [0.25, 0.3) is 0 Å². The van der Waals surface area contributed by atoms with Gasteiger partial charge in [-0.25, -0.2) is 0 Å². The van der Waals surface area contributed by atoms with Gasteiger partial charge in [-0.15, -0.1) is 0 Å². The zero-order chi connectivity index (χ0) is 20.3. The quantitative estimate of drug-likeness (QED) is 0.248. The molecule has 4 rings (SSSR count). The van der Waals surface area contributed by atoms with Crippen molar-refractivity contribution in [2.75, 3.05) is 0 Å². The van der Waals surface area contributed by atoms with Crippen LogP contribution in [0.4, 0.5) is 0 Å². The number of hydrogen-bond acceptors (Lipinski definition) is 1. The summed E-state index contributed by atoms with van der Waals surface area (Å²) in [6.07, 6.45) is 0. The first kappa shape index (κ1) is 19.4. The first-order valence-corrected chi connectivity index (χ1v) is 10.1. The molecule has 0 atom stereocenters. The van der Waals surface area contributed by atoms with Gasteiger partial charge in [0.2, 0.25) is 0 Å². The number of halogens is 2. The lowest BCUT2D eigenvalue weighted by Crippen LogP contribution is -2.38. The van der Waals surface area contributed by atoms with Gasteiger partial charge in [0, 0.05) is 15.6 Å². The summed E-state index contributed by atoms with van der Waals surface area (Å²) in [5, 5.41) is 1.25. The van der Waals surface area contributed by atoms with Crippen molar-refractivity contribution in [3.05, 3.63) is 141 Å². The summed E-state index contributed by atoms with van der Waals surface area (Å²) in [4.78, 5) is 14.2. The SMILES string of the molecule is O=C(c1ccccc1)C(c1ccccc1)(c1ccc(Cl)cc1)c1ccc(Cl)cc1. The van der Waals surface area contributed by atoms with E-state index in [2.05, 4.69) is 0 Å². The molecule has 142 valence electrons. The molecule has 0 aliphatic rings. The minimum absolute atomic E-state index is 0.00561. The van der Waals surface area contributed by atoms with Gasteiger partial charge in [0.1, 0.15) is 5.41 Å². The molecule has 4 aromatic rings. The smallest absolute Gasteiger partial charge is 0.182 e. The van der Waals surface area contributed by atoms with Crippen LogP contribution in [0, 0.1) is 0 Å². The Bertz CT molecular complexity index is 1060. The number of benzene rings is 4. The Labute approximate surface area is 180 Å². The maximum absolute atomic E-state index is 14.2. The summed E-state index contributed by atoms with van der Waals surface area (Å²) < 4.78 is 0. The van der Waals surface area contributed by atoms with E-state index in [1.807, 2.05) is 109 Å². The molecule has 0 unspecified atom stereocenters. The third kappa shape index (κ3) is 3.60. The maximum Gasteiger partial charge on any atom is 0.182 e.